The van der Waals surface area contributed by atoms with Crippen LogP contribution in [0.2, 0.25) is 0 Å². The molecule has 2 heterocycles. The standard InChI is InChI=1S/C10H12N2O/c1-6(2)8-5-9-7(11-8)3-4-10(13)12-9/h3-6,11H,1-2H3,(H,12,13). The van der Waals surface area contributed by atoms with Crippen molar-refractivity contribution in [3.63, 3.8) is 0 Å². The van der Waals surface area contributed by atoms with Crippen molar-refractivity contribution in [3.05, 3.63) is 34.2 Å². The third-order valence-electron chi connectivity index (χ3n) is 2.15. The summed E-state index contributed by atoms with van der Waals surface area (Å²) in [6, 6.07) is 5.32. The van der Waals surface area contributed by atoms with E-state index in [0.717, 1.165) is 16.7 Å². The summed E-state index contributed by atoms with van der Waals surface area (Å²) in [6.07, 6.45) is 0. The Kier molecular flexibility index (Phi) is 1.72. The zero-order chi connectivity index (χ0) is 9.42. The van der Waals surface area contributed by atoms with E-state index in [-0.39, 0.29) is 5.56 Å². The Bertz CT molecular complexity index is 479. The maximum absolute atomic E-state index is 11.0. The van der Waals surface area contributed by atoms with Gasteiger partial charge in [-0.25, -0.2) is 0 Å². The molecule has 0 saturated carbocycles. The summed E-state index contributed by atoms with van der Waals surface area (Å²) in [5, 5.41) is 0. The lowest BCUT2D eigenvalue weighted by molar-refractivity contribution is 0.836. The zero-order valence-corrected chi connectivity index (χ0v) is 7.72. The van der Waals surface area contributed by atoms with Crippen LogP contribution in [0.4, 0.5) is 0 Å². The van der Waals surface area contributed by atoms with E-state index < -0.39 is 0 Å². The van der Waals surface area contributed by atoms with Crippen molar-refractivity contribution in [3.8, 4) is 0 Å². The SMILES string of the molecule is CC(C)c1cc2[nH]c(=O)ccc2[nH]1. The molecule has 2 aromatic rings. The van der Waals surface area contributed by atoms with Gasteiger partial charge in [0.15, 0.2) is 0 Å². The fourth-order valence-electron chi connectivity index (χ4n) is 1.37. The molecule has 0 amide bonds. The van der Waals surface area contributed by atoms with E-state index in [1.807, 2.05) is 6.07 Å². The van der Waals surface area contributed by atoms with Crippen LogP contribution >= 0.6 is 0 Å². The molecular formula is C10H12N2O. The van der Waals surface area contributed by atoms with Crippen molar-refractivity contribution in [1.82, 2.24) is 9.97 Å². The average Bonchev–Trinajstić information content (AvgIpc) is 2.46. The minimum atomic E-state index is -0.0539. The predicted molar refractivity (Wildman–Crippen MR) is 53.0 cm³/mol. The Balaban J connectivity index is 2.69. The van der Waals surface area contributed by atoms with Crippen LogP contribution in [-0.4, -0.2) is 9.97 Å². The van der Waals surface area contributed by atoms with Gasteiger partial charge in [0.1, 0.15) is 0 Å². The Labute approximate surface area is 75.8 Å². The molecule has 0 bridgehead atoms. The third-order valence-corrected chi connectivity index (χ3v) is 2.15. The highest BCUT2D eigenvalue weighted by molar-refractivity contribution is 5.75. The normalized spacial score (nSPS) is 11.3. The van der Waals surface area contributed by atoms with Gasteiger partial charge in [-0.2, -0.15) is 0 Å². The van der Waals surface area contributed by atoms with Crippen molar-refractivity contribution in [2.45, 2.75) is 19.8 Å². The summed E-state index contributed by atoms with van der Waals surface area (Å²) in [4.78, 5) is 17.0. The molecule has 0 spiro atoms. The quantitative estimate of drug-likeness (QED) is 0.685. The molecule has 2 rings (SSSR count). The first-order valence-electron chi connectivity index (χ1n) is 4.39. The van der Waals surface area contributed by atoms with E-state index in [2.05, 4.69) is 23.8 Å². The Hall–Kier alpha value is -1.51. The average molecular weight is 176 g/mol. The number of fused-ring (bicyclic) bond motifs is 1. The maximum Gasteiger partial charge on any atom is 0.248 e. The number of H-pyrrole nitrogens is 2. The highest BCUT2D eigenvalue weighted by atomic mass is 16.1. The number of rotatable bonds is 1. The monoisotopic (exact) mass is 176 g/mol. The second-order valence-corrected chi connectivity index (χ2v) is 3.53. The van der Waals surface area contributed by atoms with Gasteiger partial charge in [-0.15, -0.1) is 0 Å². The number of nitrogens with one attached hydrogen (secondary N) is 2. The van der Waals surface area contributed by atoms with Gasteiger partial charge in [0.25, 0.3) is 0 Å². The molecule has 0 atom stereocenters. The highest BCUT2D eigenvalue weighted by Gasteiger charge is 2.03. The fourth-order valence-corrected chi connectivity index (χ4v) is 1.37. The topological polar surface area (TPSA) is 48.6 Å². The summed E-state index contributed by atoms with van der Waals surface area (Å²) in [5.74, 6) is 0.455. The van der Waals surface area contributed by atoms with Crippen molar-refractivity contribution in [1.29, 1.82) is 0 Å². The van der Waals surface area contributed by atoms with Crippen LogP contribution in [-0.2, 0) is 0 Å². The molecule has 0 radical (unpaired) electrons. The van der Waals surface area contributed by atoms with Crippen LogP contribution in [0.15, 0.2) is 23.0 Å². The lowest BCUT2D eigenvalue weighted by Gasteiger charge is -1.97. The maximum atomic E-state index is 11.0. The van der Waals surface area contributed by atoms with Crippen LogP contribution < -0.4 is 5.56 Å². The summed E-state index contributed by atoms with van der Waals surface area (Å²) < 4.78 is 0. The number of aromatic amines is 2. The second kappa shape index (κ2) is 2.76. The van der Waals surface area contributed by atoms with Gasteiger partial charge in [0, 0.05) is 11.8 Å². The van der Waals surface area contributed by atoms with Crippen molar-refractivity contribution in [2.24, 2.45) is 0 Å². The van der Waals surface area contributed by atoms with Crippen molar-refractivity contribution in [2.75, 3.05) is 0 Å². The molecule has 2 aromatic heterocycles. The Morgan fingerprint density at radius 1 is 1.15 bits per heavy atom. The molecule has 0 fully saturated rings. The van der Waals surface area contributed by atoms with Gasteiger partial charge < -0.3 is 9.97 Å². The number of hydrogen-bond donors (Lipinski definition) is 2. The highest BCUT2D eigenvalue weighted by Crippen LogP contribution is 2.17. The van der Waals surface area contributed by atoms with Gasteiger partial charge in [0.05, 0.1) is 11.0 Å². The minimum Gasteiger partial charge on any atom is -0.357 e. The van der Waals surface area contributed by atoms with Crippen molar-refractivity contribution < 1.29 is 0 Å². The molecule has 68 valence electrons. The first kappa shape index (κ1) is 8.10. The molecule has 0 aliphatic heterocycles. The molecule has 0 unspecified atom stereocenters. The second-order valence-electron chi connectivity index (χ2n) is 3.53. The summed E-state index contributed by atoms with van der Waals surface area (Å²) in [5.41, 5.74) is 2.97. The van der Waals surface area contributed by atoms with E-state index in [1.54, 1.807) is 6.07 Å². The lowest BCUT2D eigenvalue weighted by atomic mass is 10.1. The first-order valence-corrected chi connectivity index (χ1v) is 4.39. The smallest absolute Gasteiger partial charge is 0.248 e. The zero-order valence-electron chi connectivity index (χ0n) is 7.72. The van der Waals surface area contributed by atoms with Gasteiger partial charge in [-0.05, 0) is 18.1 Å². The van der Waals surface area contributed by atoms with E-state index in [9.17, 15) is 4.79 Å². The molecular weight excluding hydrogens is 164 g/mol. The molecule has 2 N–H and O–H groups in total. The number of hydrogen-bond acceptors (Lipinski definition) is 1. The van der Waals surface area contributed by atoms with Gasteiger partial charge in [-0.1, -0.05) is 13.8 Å². The fraction of sp³-hybridized carbons (Fsp3) is 0.300. The molecule has 0 aliphatic carbocycles. The van der Waals surface area contributed by atoms with Crippen LogP contribution in [0.1, 0.15) is 25.5 Å². The molecule has 13 heavy (non-hydrogen) atoms. The van der Waals surface area contributed by atoms with E-state index in [1.165, 1.54) is 6.07 Å². The Morgan fingerprint density at radius 3 is 2.62 bits per heavy atom. The lowest BCUT2D eigenvalue weighted by Crippen LogP contribution is -2.00. The molecule has 0 saturated heterocycles. The largest absolute Gasteiger partial charge is 0.357 e. The third kappa shape index (κ3) is 1.37. The number of pyridine rings is 1. The van der Waals surface area contributed by atoms with Gasteiger partial charge >= 0.3 is 0 Å². The van der Waals surface area contributed by atoms with E-state index in [4.69, 9.17) is 0 Å². The summed E-state index contributed by atoms with van der Waals surface area (Å²) in [7, 11) is 0. The molecule has 0 aromatic carbocycles. The molecule has 3 nitrogen and oxygen atoms in total. The van der Waals surface area contributed by atoms with Crippen molar-refractivity contribution >= 4 is 11.0 Å². The van der Waals surface area contributed by atoms with Crippen LogP contribution in [0, 0.1) is 0 Å². The predicted octanol–water partition coefficient (Wildman–Crippen LogP) is 1.98. The summed E-state index contributed by atoms with van der Waals surface area (Å²) in [6.45, 7) is 4.23. The van der Waals surface area contributed by atoms with Gasteiger partial charge in [-0.3, -0.25) is 4.79 Å². The van der Waals surface area contributed by atoms with Crippen LogP contribution in [0.25, 0.3) is 11.0 Å². The van der Waals surface area contributed by atoms with Gasteiger partial charge in [0.2, 0.25) is 5.56 Å². The first-order chi connectivity index (χ1) is 6.16. The van der Waals surface area contributed by atoms with Crippen LogP contribution in [0.3, 0.4) is 0 Å². The van der Waals surface area contributed by atoms with E-state index >= 15 is 0 Å². The van der Waals surface area contributed by atoms with E-state index in [0.29, 0.717) is 5.92 Å². The minimum absolute atomic E-state index is 0.0539. The molecule has 3 heteroatoms. The summed E-state index contributed by atoms with van der Waals surface area (Å²) >= 11 is 0. The molecule has 0 aliphatic rings. The van der Waals surface area contributed by atoms with Crippen LogP contribution in [0.5, 0.6) is 0 Å². The number of aromatic nitrogens is 2. The Morgan fingerprint density at radius 2 is 1.92 bits per heavy atom.